The van der Waals surface area contributed by atoms with E-state index in [0.717, 1.165) is 0 Å². The second kappa shape index (κ2) is 2.07. The Morgan fingerprint density at radius 2 is 2.57 bits per heavy atom. The number of hydrogen-bond acceptors (Lipinski definition) is 2. The molecule has 0 aromatic rings. The third kappa shape index (κ3) is 1.27. The first-order valence-corrected chi connectivity index (χ1v) is 2.49. The van der Waals surface area contributed by atoms with Crippen LogP contribution in [0.5, 0.6) is 0 Å². The minimum Gasteiger partial charge on any atom is -0.288 e. The molecular formula is C4H5ClN2. The molecule has 0 aliphatic carbocycles. The van der Waals surface area contributed by atoms with Crippen molar-refractivity contribution in [2.45, 2.75) is 5.50 Å². The van der Waals surface area contributed by atoms with Gasteiger partial charge >= 0.3 is 0 Å². The first kappa shape index (κ1) is 4.78. The molecule has 1 unspecified atom stereocenters. The van der Waals surface area contributed by atoms with E-state index in [9.17, 15) is 0 Å². The van der Waals surface area contributed by atoms with E-state index in [-0.39, 0.29) is 5.50 Å². The van der Waals surface area contributed by atoms with Gasteiger partial charge in [0.15, 0.2) is 5.50 Å². The molecule has 0 bridgehead atoms. The lowest BCUT2D eigenvalue weighted by Crippen LogP contribution is -2.02. The highest BCUT2D eigenvalue weighted by Crippen LogP contribution is 1.94. The highest BCUT2D eigenvalue weighted by atomic mass is 35.5. The largest absolute Gasteiger partial charge is 0.288 e. The number of aliphatic imine (C=N–C) groups is 2. The highest BCUT2D eigenvalue weighted by Gasteiger charge is 1.95. The zero-order valence-electron chi connectivity index (χ0n) is 3.71. The molecule has 0 aromatic heterocycles. The van der Waals surface area contributed by atoms with Crippen molar-refractivity contribution in [2.24, 2.45) is 9.98 Å². The normalized spacial score (nSPS) is 28.4. The van der Waals surface area contributed by atoms with E-state index in [1.807, 2.05) is 0 Å². The van der Waals surface area contributed by atoms with E-state index in [1.165, 1.54) is 0 Å². The van der Waals surface area contributed by atoms with Gasteiger partial charge in [-0.05, 0) is 0 Å². The summed E-state index contributed by atoms with van der Waals surface area (Å²) in [5.41, 5.74) is -0.214. The summed E-state index contributed by atoms with van der Waals surface area (Å²) in [4.78, 5) is 7.67. The van der Waals surface area contributed by atoms with Gasteiger partial charge in [-0.25, -0.2) is 0 Å². The van der Waals surface area contributed by atoms with Crippen LogP contribution >= 0.6 is 11.6 Å². The fourth-order valence-electron chi connectivity index (χ4n) is 0.381. The Morgan fingerprint density at radius 3 is 2.86 bits per heavy atom. The average Bonchev–Trinajstić information content (AvgIpc) is 1.69. The Kier molecular flexibility index (Phi) is 1.42. The molecule has 0 radical (unpaired) electrons. The first-order chi connectivity index (χ1) is 3.39. The summed E-state index contributed by atoms with van der Waals surface area (Å²) < 4.78 is 0. The van der Waals surface area contributed by atoms with Crippen LogP contribution < -0.4 is 0 Å². The van der Waals surface area contributed by atoms with Crippen molar-refractivity contribution in [1.82, 2.24) is 0 Å². The molecular weight excluding hydrogens is 112 g/mol. The molecule has 0 aromatic carbocycles. The topological polar surface area (TPSA) is 24.7 Å². The number of alkyl halides is 1. The monoisotopic (exact) mass is 116 g/mol. The average molecular weight is 117 g/mol. The van der Waals surface area contributed by atoms with Gasteiger partial charge < -0.3 is 0 Å². The Bertz CT molecular complexity index is 96.3. The number of rotatable bonds is 0. The van der Waals surface area contributed by atoms with E-state index in [0.29, 0.717) is 6.54 Å². The lowest BCUT2D eigenvalue weighted by atomic mass is 10.6. The number of hydrogen-bond donors (Lipinski definition) is 0. The lowest BCUT2D eigenvalue weighted by molar-refractivity contribution is 1.14. The lowest BCUT2D eigenvalue weighted by Gasteiger charge is -1.97. The van der Waals surface area contributed by atoms with E-state index in [2.05, 4.69) is 9.98 Å². The van der Waals surface area contributed by atoms with E-state index >= 15 is 0 Å². The van der Waals surface area contributed by atoms with Gasteiger partial charge in [0.25, 0.3) is 0 Å². The van der Waals surface area contributed by atoms with Gasteiger partial charge in [0, 0.05) is 12.4 Å². The van der Waals surface area contributed by atoms with Crippen LogP contribution in [0.1, 0.15) is 0 Å². The van der Waals surface area contributed by atoms with E-state index in [4.69, 9.17) is 11.6 Å². The quantitative estimate of drug-likeness (QED) is 0.329. The molecule has 1 heterocycles. The molecule has 1 rings (SSSR count). The van der Waals surface area contributed by atoms with Gasteiger partial charge in [-0.1, -0.05) is 11.6 Å². The maximum Gasteiger partial charge on any atom is 0.158 e. The van der Waals surface area contributed by atoms with E-state index < -0.39 is 0 Å². The zero-order valence-corrected chi connectivity index (χ0v) is 4.47. The molecule has 1 atom stereocenters. The second-order valence-corrected chi connectivity index (χ2v) is 1.67. The molecule has 0 saturated carbocycles. The standard InChI is InChI=1S/C4H5ClN2/c5-4-3-6-1-2-7-4/h2-4H,1H2. The predicted octanol–water partition coefficient (Wildman–Crippen LogP) is 0.707. The van der Waals surface area contributed by atoms with Crippen LogP contribution in [-0.2, 0) is 0 Å². The molecule has 0 saturated heterocycles. The van der Waals surface area contributed by atoms with Crippen LogP contribution in [-0.4, -0.2) is 24.5 Å². The minimum absolute atomic E-state index is 0.214. The van der Waals surface area contributed by atoms with Crippen molar-refractivity contribution >= 4 is 24.0 Å². The van der Waals surface area contributed by atoms with Crippen molar-refractivity contribution in [3.8, 4) is 0 Å². The molecule has 1 aliphatic rings. The molecule has 2 nitrogen and oxygen atoms in total. The fourth-order valence-corrected chi connectivity index (χ4v) is 0.541. The van der Waals surface area contributed by atoms with Crippen molar-refractivity contribution in [3.63, 3.8) is 0 Å². The predicted molar refractivity (Wildman–Crippen MR) is 31.5 cm³/mol. The summed E-state index contributed by atoms with van der Waals surface area (Å²) in [6.45, 7) is 0.684. The summed E-state index contributed by atoms with van der Waals surface area (Å²) in [7, 11) is 0. The Labute approximate surface area is 46.9 Å². The minimum atomic E-state index is -0.214. The molecule has 0 N–H and O–H groups in total. The van der Waals surface area contributed by atoms with Crippen LogP contribution in [0, 0.1) is 0 Å². The Balaban J connectivity index is 2.49. The van der Waals surface area contributed by atoms with E-state index in [1.54, 1.807) is 12.4 Å². The Hall–Kier alpha value is -0.370. The molecule has 0 spiro atoms. The zero-order chi connectivity index (χ0) is 5.11. The maximum absolute atomic E-state index is 5.47. The van der Waals surface area contributed by atoms with Crippen molar-refractivity contribution in [2.75, 3.05) is 6.54 Å². The maximum atomic E-state index is 5.47. The highest BCUT2D eigenvalue weighted by molar-refractivity contribution is 6.28. The van der Waals surface area contributed by atoms with Crippen molar-refractivity contribution in [3.05, 3.63) is 0 Å². The summed E-state index contributed by atoms with van der Waals surface area (Å²) >= 11 is 5.47. The fraction of sp³-hybridized carbons (Fsp3) is 0.500. The van der Waals surface area contributed by atoms with Crippen molar-refractivity contribution < 1.29 is 0 Å². The van der Waals surface area contributed by atoms with Gasteiger partial charge in [-0.2, -0.15) is 0 Å². The number of halogens is 1. The van der Waals surface area contributed by atoms with Gasteiger partial charge in [0.1, 0.15) is 0 Å². The SMILES string of the molecule is ClC1C=NCC=N1. The summed E-state index contributed by atoms with van der Waals surface area (Å²) in [5, 5.41) is 0. The summed E-state index contributed by atoms with van der Waals surface area (Å²) in [6, 6.07) is 0. The van der Waals surface area contributed by atoms with Crippen LogP contribution in [0.2, 0.25) is 0 Å². The van der Waals surface area contributed by atoms with Crippen LogP contribution in [0.15, 0.2) is 9.98 Å². The van der Waals surface area contributed by atoms with Gasteiger partial charge in [-0.3, -0.25) is 9.98 Å². The van der Waals surface area contributed by atoms with Crippen molar-refractivity contribution in [1.29, 1.82) is 0 Å². The third-order valence-corrected chi connectivity index (χ3v) is 0.889. The van der Waals surface area contributed by atoms with Crippen LogP contribution in [0.4, 0.5) is 0 Å². The molecule has 7 heavy (non-hydrogen) atoms. The smallest absolute Gasteiger partial charge is 0.158 e. The van der Waals surface area contributed by atoms with Crippen LogP contribution in [0.25, 0.3) is 0 Å². The molecule has 0 amide bonds. The van der Waals surface area contributed by atoms with Gasteiger partial charge in [0.2, 0.25) is 0 Å². The molecule has 38 valence electrons. The Morgan fingerprint density at radius 1 is 1.71 bits per heavy atom. The summed E-state index contributed by atoms with van der Waals surface area (Å²) in [5.74, 6) is 0. The van der Waals surface area contributed by atoms with Gasteiger partial charge in [0.05, 0.1) is 6.54 Å². The van der Waals surface area contributed by atoms with Gasteiger partial charge in [-0.15, -0.1) is 0 Å². The number of nitrogens with zero attached hydrogens (tertiary/aromatic N) is 2. The molecule has 0 fully saturated rings. The second-order valence-electron chi connectivity index (χ2n) is 1.22. The summed E-state index contributed by atoms with van der Waals surface area (Å²) in [6.07, 6.45) is 3.33. The first-order valence-electron chi connectivity index (χ1n) is 2.05. The molecule has 3 heteroatoms. The molecule has 1 aliphatic heterocycles. The third-order valence-electron chi connectivity index (χ3n) is 0.663. The van der Waals surface area contributed by atoms with Crippen LogP contribution in [0.3, 0.4) is 0 Å².